The molecule has 2 unspecified atom stereocenters. The lowest BCUT2D eigenvalue weighted by atomic mass is 9.99. The molecule has 2 saturated heterocycles. The van der Waals surface area contributed by atoms with E-state index in [2.05, 4.69) is 23.6 Å². The average Bonchev–Trinajstić information content (AvgIpc) is 2.39. The predicted molar refractivity (Wildman–Crippen MR) is 71.7 cm³/mol. The molecule has 0 aromatic heterocycles. The summed E-state index contributed by atoms with van der Waals surface area (Å²) in [5, 5.41) is 0. The van der Waals surface area contributed by atoms with Gasteiger partial charge in [0.05, 0.1) is 12.7 Å². The third-order valence-corrected chi connectivity index (χ3v) is 4.10. The van der Waals surface area contributed by atoms with E-state index in [1.807, 2.05) is 0 Å². The molecule has 2 aliphatic heterocycles. The Labute approximate surface area is 110 Å². The molecule has 18 heavy (non-hydrogen) atoms. The third kappa shape index (κ3) is 3.77. The lowest BCUT2D eigenvalue weighted by Gasteiger charge is -2.39. The van der Waals surface area contributed by atoms with E-state index in [1.54, 1.807) is 0 Å². The second-order valence-corrected chi connectivity index (χ2v) is 5.88. The molecule has 2 heterocycles. The molecule has 0 saturated carbocycles. The number of hydrogen-bond acceptors (Lipinski definition) is 4. The second-order valence-electron chi connectivity index (χ2n) is 5.88. The quantitative estimate of drug-likeness (QED) is 0.701. The number of nitrogens with zero attached hydrogens (tertiary/aromatic N) is 2. The van der Waals surface area contributed by atoms with Crippen molar-refractivity contribution in [3.05, 3.63) is 0 Å². The van der Waals surface area contributed by atoms with Crippen molar-refractivity contribution in [2.45, 2.75) is 38.8 Å². The molecule has 0 amide bonds. The number of piperidine rings is 1. The molecule has 104 valence electrons. The molecule has 0 bridgehead atoms. The maximum absolute atomic E-state index is 10.9. The summed E-state index contributed by atoms with van der Waals surface area (Å²) in [6.07, 6.45) is 3.63. The Balaban J connectivity index is 1.79. The van der Waals surface area contributed by atoms with Crippen LogP contribution in [0.1, 0.15) is 26.7 Å². The summed E-state index contributed by atoms with van der Waals surface area (Å²) >= 11 is 0. The maximum Gasteiger partial charge on any atom is 0.124 e. The van der Waals surface area contributed by atoms with E-state index in [0.29, 0.717) is 12.1 Å². The largest absolute Gasteiger partial charge is 0.374 e. The van der Waals surface area contributed by atoms with Gasteiger partial charge in [-0.2, -0.15) is 0 Å². The smallest absolute Gasteiger partial charge is 0.124 e. The lowest BCUT2D eigenvalue weighted by Crippen LogP contribution is -2.51. The molecule has 4 heteroatoms. The minimum absolute atomic E-state index is 0.239. The topological polar surface area (TPSA) is 32.8 Å². The molecule has 0 aliphatic carbocycles. The molecule has 2 rings (SSSR count). The van der Waals surface area contributed by atoms with Crippen LogP contribution in [0.3, 0.4) is 0 Å². The maximum atomic E-state index is 10.9. The first kappa shape index (κ1) is 14.0. The van der Waals surface area contributed by atoms with Crippen molar-refractivity contribution in [2.24, 2.45) is 5.92 Å². The number of aldehydes is 1. The Morgan fingerprint density at radius 2 is 2.17 bits per heavy atom. The van der Waals surface area contributed by atoms with Gasteiger partial charge in [0.25, 0.3) is 0 Å². The van der Waals surface area contributed by atoms with Crippen molar-refractivity contribution >= 4 is 6.29 Å². The predicted octanol–water partition coefficient (Wildman–Crippen LogP) is 1.01. The van der Waals surface area contributed by atoms with E-state index in [1.165, 1.54) is 0 Å². The standard InChI is InChI=1S/C14H26N2O2/c1-12(2)16-6-7-18-14(10-16)9-15-5-3-4-13(8-15)11-17/h11-14H,3-10H2,1-2H3. The van der Waals surface area contributed by atoms with Crippen LogP contribution >= 0.6 is 0 Å². The van der Waals surface area contributed by atoms with E-state index >= 15 is 0 Å². The van der Waals surface area contributed by atoms with Crippen LogP contribution in [-0.2, 0) is 9.53 Å². The van der Waals surface area contributed by atoms with Gasteiger partial charge in [0.2, 0.25) is 0 Å². The number of carbonyl (C=O) groups excluding carboxylic acids is 1. The van der Waals surface area contributed by atoms with Crippen LogP contribution in [-0.4, -0.2) is 67.6 Å². The van der Waals surface area contributed by atoms with Crippen molar-refractivity contribution < 1.29 is 9.53 Å². The van der Waals surface area contributed by atoms with Gasteiger partial charge in [-0.1, -0.05) is 0 Å². The molecule has 0 aromatic carbocycles. The van der Waals surface area contributed by atoms with Gasteiger partial charge in [-0.25, -0.2) is 0 Å². The Bertz CT molecular complexity index is 271. The molecular formula is C14H26N2O2. The summed E-state index contributed by atoms with van der Waals surface area (Å²) in [6, 6.07) is 0.598. The zero-order valence-corrected chi connectivity index (χ0v) is 11.7. The summed E-state index contributed by atoms with van der Waals surface area (Å²) in [5.74, 6) is 0.239. The van der Waals surface area contributed by atoms with Gasteiger partial charge < -0.3 is 14.4 Å². The number of morpholine rings is 1. The van der Waals surface area contributed by atoms with Crippen molar-refractivity contribution in [1.82, 2.24) is 9.80 Å². The van der Waals surface area contributed by atoms with Crippen LogP contribution in [0.2, 0.25) is 0 Å². The number of rotatable bonds is 4. The van der Waals surface area contributed by atoms with Crippen LogP contribution < -0.4 is 0 Å². The highest BCUT2D eigenvalue weighted by Gasteiger charge is 2.26. The van der Waals surface area contributed by atoms with Gasteiger partial charge in [0.15, 0.2) is 0 Å². The molecular weight excluding hydrogens is 228 g/mol. The number of ether oxygens (including phenoxy) is 1. The monoisotopic (exact) mass is 254 g/mol. The Morgan fingerprint density at radius 3 is 2.89 bits per heavy atom. The van der Waals surface area contributed by atoms with Crippen LogP contribution in [0, 0.1) is 5.92 Å². The highest BCUT2D eigenvalue weighted by Crippen LogP contribution is 2.17. The Kier molecular flexibility index (Phi) is 5.15. The zero-order chi connectivity index (χ0) is 13.0. The molecule has 2 aliphatic rings. The fourth-order valence-electron chi connectivity index (χ4n) is 2.98. The van der Waals surface area contributed by atoms with Crippen molar-refractivity contribution in [1.29, 1.82) is 0 Å². The third-order valence-electron chi connectivity index (χ3n) is 4.10. The van der Waals surface area contributed by atoms with Crippen molar-refractivity contribution in [3.63, 3.8) is 0 Å². The van der Waals surface area contributed by atoms with Gasteiger partial charge in [-0.15, -0.1) is 0 Å². The molecule has 2 atom stereocenters. The van der Waals surface area contributed by atoms with Gasteiger partial charge in [0, 0.05) is 38.1 Å². The number of hydrogen-bond donors (Lipinski definition) is 0. The van der Waals surface area contributed by atoms with E-state index in [4.69, 9.17) is 4.74 Å². The van der Waals surface area contributed by atoms with Gasteiger partial charge in [0.1, 0.15) is 6.29 Å². The lowest BCUT2D eigenvalue weighted by molar-refractivity contribution is -0.113. The number of likely N-dealkylation sites (tertiary alicyclic amines) is 1. The van der Waals surface area contributed by atoms with E-state index in [9.17, 15) is 4.79 Å². The molecule has 4 nitrogen and oxygen atoms in total. The highest BCUT2D eigenvalue weighted by atomic mass is 16.5. The molecule has 0 N–H and O–H groups in total. The SMILES string of the molecule is CC(C)N1CCOC(CN2CCCC(C=O)C2)C1. The van der Waals surface area contributed by atoms with Crippen LogP contribution in [0.15, 0.2) is 0 Å². The minimum atomic E-state index is 0.239. The second kappa shape index (κ2) is 6.64. The summed E-state index contributed by atoms with van der Waals surface area (Å²) in [4.78, 5) is 15.8. The van der Waals surface area contributed by atoms with Gasteiger partial charge in [-0.3, -0.25) is 4.90 Å². The van der Waals surface area contributed by atoms with Crippen molar-refractivity contribution in [2.75, 3.05) is 39.3 Å². The molecule has 0 radical (unpaired) electrons. The minimum Gasteiger partial charge on any atom is -0.374 e. The normalized spacial score (nSPS) is 31.7. The van der Waals surface area contributed by atoms with E-state index in [-0.39, 0.29) is 5.92 Å². The van der Waals surface area contributed by atoms with Gasteiger partial charge in [-0.05, 0) is 33.2 Å². The van der Waals surface area contributed by atoms with Crippen LogP contribution in [0.5, 0.6) is 0 Å². The summed E-state index contributed by atoms with van der Waals surface area (Å²) in [5.41, 5.74) is 0. The van der Waals surface area contributed by atoms with E-state index in [0.717, 1.165) is 58.5 Å². The first-order valence-corrected chi connectivity index (χ1v) is 7.22. The van der Waals surface area contributed by atoms with Gasteiger partial charge >= 0.3 is 0 Å². The zero-order valence-electron chi connectivity index (χ0n) is 11.7. The van der Waals surface area contributed by atoms with E-state index < -0.39 is 0 Å². The first-order chi connectivity index (χ1) is 8.69. The Morgan fingerprint density at radius 1 is 1.33 bits per heavy atom. The molecule has 0 aromatic rings. The van der Waals surface area contributed by atoms with Crippen LogP contribution in [0.25, 0.3) is 0 Å². The first-order valence-electron chi connectivity index (χ1n) is 7.22. The average molecular weight is 254 g/mol. The van der Waals surface area contributed by atoms with Crippen molar-refractivity contribution in [3.8, 4) is 0 Å². The summed E-state index contributed by atoms with van der Waals surface area (Å²) in [6.45, 7) is 10.4. The fourth-order valence-corrected chi connectivity index (χ4v) is 2.98. The highest BCUT2D eigenvalue weighted by molar-refractivity contribution is 5.53. The Hall–Kier alpha value is -0.450. The summed E-state index contributed by atoms with van der Waals surface area (Å²) < 4.78 is 5.86. The number of carbonyl (C=O) groups is 1. The fraction of sp³-hybridized carbons (Fsp3) is 0.929. The van der Waals surface area contributed by atoms with Crippen LogP contribution in [0.4, 0.5) is 0 Å². The summed E-state index contributed by atoms with van der Waals surface area (Å²) in [7, 11) is 0. The molecule has 0 spiro atoms. The molecule has 2 fully saturated rings.